The summed E-state index contributed by atoms with van der Waals surface area (Å²) in [5, 5.41) is 9.16. The minimum atomic E-state index is -0.940. The van der Waals surface area contributed by atoms with Gasteiger partial charge in [-0.1, -0.05) is 0 Å². The topological polar surface area (TPSA) is 72.2 Å². The van der Waals surface area contributed by atoms with Gasteiger partial charge in [-0.15, -0.1) is 0 Å². The van der Waals surface area contributed by atoms with Gasteiger partial charge in [0.25, 0.3) is 0 Å². The second-order valence-electron chi connectivity index (χ2n) is 5.67. The standard InChI is InChI=1S/C15H18N2O3S/c1-9(21(2)20)8-17-13-7-11(15(18)19)5-6-12(13)16-14(17)10-3-4-10/h5-7,9-10H,3-4,8H2,1-2H3,(H,18,19). The van der Waals surface area contributed by atoms with Crippen molar-refractivity contribution >= 4 is 27.8 Å². The molecular formula is C15H18N2O3S. The molecule has 2 unspecified atom stereocenters. The summed E-state index contributed by atoms with van der Waals surface area (Å²) in [4.78, 5) is 15.8. The van der Waals surface area contributed by atoms with Crippen LogP contribution in [0.2, 0.25) is 0 Å². The van der Waals surface area contributed by atoms with E-state index in [0.717, 1.165) is 29.7 Å². The van der Waals surface area contributed by atoms with Crippen LogP contribution in [0.4, 0.5) is 0 Å². The molecule has 0 bridgehead atoms. The van der Waals surface area contributed by atoms with E-state index >= 15 is 0 Å². The Balaban J connectivity index is 2.12. The number of aromatic nitrogens is 2. The lowest BCUT2D eigenvalue weighted by Gasteiger charge is -2.13. The summed E-state index contributed by atoms with van der Waals surface area (Å²) in [5.41, 5.74) is 1.90. The van der Waals surface area contributed by atoms with Gasteiger partial charge >= 0.3 is 5.97 Å². The predicted molar refractivity (Wildman–Crippen MR) is 82.2 cm³/mol. The van der Waals surface area contributed by atoms with Crippen molar-refractivity contribution in [3.8, 4) is 0 Å². The number of benzene rings is 1. The van der Waals surface area contributed by atoms with E-state index in [1.54, 1.807) is 24.5 Å². The van der Waals surface area contributed by atoms with Gasteiger partial charge in [-0.05, 0) is 38.0 Å². The summed E-state index contributed by atoms with van der Waals surface area (Å²) in [6.07, 6.45) is 3.95. The quantitative estimate of drug-likeness (QED) is 0.920. The fourth-order valence-electron chi connectivity index (χ4n) is 2.48. The molecule has 1 fully saturated rings. The zero-order chi connectivity index (χ0) is 15.1. The Morgan fingerprint density at radius 3 is 2.81 bits per heavy atom. The van der Waals surface area contributed by atoms with E-state index in [2.05, 4.69) is 9.55 Å². The van der Waals surface area contributed by atoms with Gasteiger partial charge in [0.2, 0.25) is 0 Å². The van der Waals surface area contributed by atoms with Crippen molar-refractivity contribution in [2.75, 3.05) is 6.26 Å². The summed E-state index contributed by atoms with van der Waals surface area (Å²) in [6, 6.07) is 5.01. The number of carbonyl (C=O) groups is 1. The average molecular weight is 306 g/mol. The predicted octanol–water partition coefficient (Wildman–Crippen LogP) is 2.38. The highest BCUT2D eigenvalue weighted by molar-refractivity contribution is 7.84. The van der Waals surface area contributed by atoms with Gasteiger partial charge in [-0.25, -0.2) is 9.78 Å². The fourth-order valence-corrected chi connectivity index (χ4v) is 2.84. The molecule has 21 heavy (non-hydrogen) atoms. The third-order valence-corrected chi connectivity index (χ3v) is 5.26. The van der Waals surface area contributed by atoms with E-state index in [-0.39, 0.29) is 10.8 Å². The van der Waals surface area contributed by atoms with Crippen molar-refractivity contribution < 1.29 is 14.1 Å². The molecule has 1 aromatic carbocycles. The zero-order valence-corrected chi connectivity index (χ0v) is 12.9. The molecule has 1 aliphatic carbocycles. The molecule has 1 aromatic heterocycles. The van der Waals surface area contributed by atoms with Gasteiger partial charge in [0.1, 0.15) is 5.82 Å². The van der Waals surface area contributed by atoms with Crippen LogP contribution in [-0.4, -0.2) is 36.3 Å². The lowest BCUT2D eigenvalue weighted by Crippen LogP contribution is -2.19. The Hall–Kier alpha value is -1.69. The largest absolute Gasteiger partial charge is 0.478 e. The maximum atomic E-state index is 11.7. The molecule has 6 heteroatoms. The molecule has 3 rings (SSSR count). The minimum Gasteiger partial charge on any atom is -0.478 e. The summed E-state index contributed by atoms with van der Waals surface area (Å²) in [6.45, 7) is 2.55. The molecule has 2 aromatic rings. The first-order chi connectivity index (χ1) is 9.97. The number of rotatable bonds is 5. The van der Waals surface area contributed by atoms with E-state index in [1.807, 2.05) is 6.92 Å². The Labute approximate surface area is 125 Å². The van der Waals surface area contributed by atoms with Crippen LogP contribution in [0, 0.1) is 0 Å². The summed E-state index contributed by atoms with van der Waals surface area (Å²) < 4.78 is 13.7. The minimum absolute atomic E-state index is 0.00776. The molecule has 0 saturated heterocycles. The van der Waals surface area contributed by atoms with Crippen molar-refractivity contribution in [3.63, 3.8) is 0 Å². The normalized spacial score (nSPS) is 17.8. The molecule has 0 amide bonds. The summed E-state index contributed by atoms with van der Waals surface area (Å²) >= 11 is 0. The Bertz CT molecular complexity index is 734. The van der Waals surface area contributed by atoms with Gasteiger partial charge in [-0.3, -0.25) is 4.21 Å². The number of hydrogen-bond acceptors (Lipinski definition) is 3. The molecule has 1 N–H and O–H groups in total. The monoisotopic (exact) mass is 306 g/mol. The average Bonchev–Trinajstić information content (AvgIpc) is 3.22. The van der Waals surface area contributed by atoms with Crippen LogP contribution >= 0.6 is 0 Å². The zero-order valence-electron chi connectivity index (χ0n) is 12.1. The van der Waals surface area contributed by atoms with Gasteiger partial charge in [0, 0.05) is 34.8 Å². The second-order valence-corrected chi connectivity index (χ2v) is 7.47. The van der Waals surface area contributed by atoms with E-state index in [9.17, 15) is 9.00 Å². The molecule has 0 spiro atoms. The number of carboxylic acids is 1. The first-order valence-electron chi connectivity index (χ1n) is 7.03. The molecular weight excluding hydrogens is 288 g/mol. The molecule has 1 saturated carbocycles. The van der Waals surface area contributed by atoms with Crippen LogP contribution in [0.1, 0.15) is 41.9 Å². The molecule has 0 radical (unpaired) electrons. The Morgan fingerprint density at radius 1 is 1.52 bits per heavy atom. The van der Waals surface area contributed by atoms with Gasteiger partial charge in [-0.2, -0.15) is 0 Å². The molecule has 5 nitrogen and oxygen atoms in total. The van der Waals surface area contributed by atoms with Crippen LogP contribution in [0.15, 0.2) is 18.2 Å². The van der Waals surface area contributed by atoms with Gasteiger partial charge in [0.15, 0.2) is 0 Å². The van der Waals surface area contributed by atoms with Crippen molar-refractivity contribution in [2.45, 2.75) is 37.5 Å². The number of fused-ring (bicyclic) bond motifs is 1. The van der Waals surface area contributed by atoms with Crippen molar-refractivity contribution in [2.24, 2.45) is 0 Å². The lowest BCUT2D eigenvalue weighted by molar-refractivity contribution is 0.0697. The molecule has 2 atom stereocenters. The first-order valence-corrected chi connectivity index (χ1v) is 8.65. The SMILES string of the molecule is CC(Cn1c(C2CC2)nc2ccc(C(=O)O)cc21)S(C)=O. The van der Waals surface area contributed by atoms with E-state index in [0.29, 0.717) is 12.5 Å². The molecule has 112 valence electrons. The summed E-state index contributed by atoms with van der Waals surface area (Å²) in [5.74, 6) is 0.526. The van der Waals surface area contributed by atoms with Crippen LogP contribution < -0.4 is 0 Å². The highest BCUT2D eigenvalue weighted by Crippen LogP contribution is 2.41. The van der Waals surface area contributed by atoms with Gasteiger partial charge < -0.3 is 9.67 Å². The fraction of sp³-hybridized carbons (Fsp3) is 0.467. The van der Waals surface area contributed by atoms with Crippen LogP contribution in [-0.2, 0) is 17.3 Å². The molecule has 1 heterocycles. The number of nitrogens with zero attached hydrogens (tertiary/aromatic N) is 2. The Kier molecular flexibility index (Phi) is 3.57. The van der Waals surface area contributed by atoms with Crippen molar-refractivity contribution in [1.29, 1.82) is 0 Å². The number of imidazole rings is 1. The number of hydrogen-bond donors (Lipinski definition) is 1. The third-order valence-electron chi connectivity index (χ3n) is 3.97. The Morgan fingerprint density at radius 2 is 2.24 bits per heavy atom. The van der Waals surface area contributed by atoms with E-state index < -0.39 is 16.8 Å². The maximum absolute atomic E-state index is 11.7. The summed E-state index contributed by atoms with van der Waals surface area (Å²) in [7, 11) is -0.918. The van der Waals surface area contributed by atoms with Gasteiger partial charge in [0.05, 0.1) is 16.6 Å². The highest BCUT2D eigenvalue weighted by Gasteiger charge is 2.30. The van der Waals surface area contributed by atoms with E-state index in [1.165, 1.54) is 0 Å². The van der Waals surface area contributed by atoms with Crippen molar-refractivity contribution in [1.82, 2.24) is 9.55 Å². The third kappa shape index (κ3) is 2.72. The second kappa shape index (κ2) is 5.26. The lowest BCUT2D eigenvalue weighted by atomic mass is 10.2. The van der Waals surface area contributed by atoms with Crippen LogP contribution in [0.3, 0.4) is 0 Å². The smallest absolute Gasteiger partial charge is 0.335 e. The maximum Gasteiger partial charge on any atom is 0.335 e. The van der Waals surface area contributed by atoms with E-state index in [4.69, 9.17) is 5.11 Å². The first kappa shape index (κ1) is 14.3. The highest BCUT2D eigenvalue weighted by atomic mass is 32.2. The molecule has 0 aliphatic heterocycles. The molecule has 1 aliphatic rings. The van der Waals surface area contributed by atoms with Crippen LogP contribution in [0.25, 0.3) is 11.0 Å². The number of aromatic carboxylic acids is 1. The van der Waals surface area contributed by atoms with Crippen molar-refractivity contribution in [3.05, 3.63) is 29.6 Å². The van der Waals surface area contributed by atoms with Crippen LogP contribution in [0.5, 0.6) is 0 Å². The number of carboxylic acid groups (broad SMARTS) is 1.